The highest BCUT2D eigenvalue weighted by molar-refractivity contribution is 5.66. The minimum absolute atomic E-state index is 0.132. The Morgan fingerprint density at radius 1 is 1.46 bits per heavy atom. The van der Waals surface area contributed by atoms with Crippen LogP contribution in [0.5, 0.6) is 0 Å². The first-order chi connectivity index (χ1) is 5.79. The minimum Gasteiger partial charge on any atom is -0.379 e. The minimum atomic E-state index is -0.186. The first kappa shape index (κ1) is 10.7. The van der Waals surface area contributed by atoms with E-state index in [0.29, 0.717) is 0 Å². The van der Waals surface area contributed by atoms with Gasteiger partial charge in [-0.15, -0.1) is 0 Å². The van der Waals surface area contributed by atoms with Gasteiger partial charge in [-0.2, -0.15) is 0 Å². The fourth-order valence-electron chi connectivity index (χ4n) is 2.12. The molecular formula is C11H20O2. The van der Waals surface area contributed by atoms with Crippen molar-refractivity contribution in [3.8, 4) is 0 Å². The van der Waals surface area contributed by atoms with Crippen LogP contribution in [-0.2, 0) is 9.53 Å². The van der Waals surface area contributed by atoms with E-state index < -0.39 is 0 Å². The van der Waals surface area contributed by atoms with Crippen molar-refractivity contribution in [1.29, 1.82) is 0 Å². The van der Waals surface area contributed by atoms with E-state index in [0.717, 1.165) is 19.1 Å². The first-order valence-electron chi connectivity index (χ1n) is 4.80. The quantitative estimate of drug-likeness (QED) is 0.627. The lowest BCUT2D eigenvalue weighted by molar-refractivity contribution is -0.116. The van der Waals surface area contributed by atoms with Gasteiger partial charge in [-0.05, 0) is 32.1 Å². The van der Waals surface area contributed by atoms with Gasteiger partial charge in [-0.1, -0.05) is 13.8 Å². The molecule has 0 amide bonds. The molecule has 0 spiro atoms. The Labute approximate surface area is 80.7 Å². The van der Waals surface area contributed by atoms with Gasteiger partial charge in [0, 0.05) is 12.5 Å². The number of carbonyl (C=O) groups is 1. The van der Waals surface area contributed by atoms with Gasteiger partial charge in [-0.25, -0.2) is 0 Å². The lowest BCUT2D eigenvalue weighted by atomic mass is 9.86. The summed E-state index contributed by atoms with van der Waals surface area (Å²) in [5, 5.41) is 0. The molecule has 0 bridgehead atoms. The van der Waals surface area contributed by atoms with Gasteiger partial charge < -0.3 is 9.53 Å². The smallest absolute Gasteiger partial charge is 0.126 e. The number of hydrogen-bond donors (Lipinski definition) is 0. The van der Waals surface area contributed by atoms with Gasteiger partial charge in [-0.3, -0.25) is 0 Å². The van der Waals surface area contributed by atoms with Crippen LogP contribution in [0.15, 0.2) is 0 Å². The van der Waals surface area contributed by atoms with E-state index in [1.54, 1.807) is 7.11 Å². The number of carbonyl (C=O) groups excluding carboxylic acids is 1. The Morgan fingerprint density at radius 2 is 1.92 bits per heavy atom. The highest BCUT2D eigenvalue weighted by atomic mass is 16.5. The van der Waals surface area contributed by atoms with Crippen molar-refractivity contribution in [2.24, 2.45) is 10.8 Å². The third-order valence-electron chi connectivity index (χ3n) is 3.50. The molecule has 13 heavy (non-hydrogen) atoms. The van der Waals surface area contributed by atoms with Crippen molar-refractivity contribution in [2.75, 3.05) is 7.11 Å². The van der Waals surface area contributed by atoms with E-state index in [1.807, 2.05) is 13.8 Å². The molecule has 0 heterocycles. The molecular weight excluding hydrogens is 164 g/mol. The Balaban J connectivity index is 2.69. The summed E-state index contributed by atoms with van der Waals surface area (Å²) in [5.41, 5.74) is -0.147. The highest BCUT2D eigenvalue weighted by Crippen LogP contribution is 2.65. The van der Waals surface area contributed by atoms with Crippen LogP contribution in [0, 0.1) is 10.8 Å². The topological polar surface area (TPSA) is 26.3 Å². The molecule has 1 aliphatic carbocycles. The molecule has 76 valence electrons. The van der Waals surface area contributed by atoms with Crippen molar-refractivity contribution < 1.29 is 9.53 Å². The molecule has 0 N–H and O–H groups in total. The summed E-state index contributed by atoms with van der Waals surface area (Å²) in [7, 11) is 1.70. The van der Waals surface area contributed by atoms with Crippen LogP contribution < -0.4 is 0 Å². The number of methoxy groups -OCH3 is 1. The van der Waals surface area contributed by atoms with Crippen molar-refractivity contribution in [3.63, 3.8) is 0 Å². The fraction of sp³-hybridized carbons (Fsp3) is 0.909. The number of aldehydes is 1. The number of hydrogen-bond acceptors (Lipinski definition) is 2. The van der Waals surface area contributed by atoms with Crippen LogP contribution >= 0.6 is 0 Å². The van der Waals surface area contributed by atoms with Crippen molar-refractivity contribution in [2.45, 2.75) is 46.1 Å². The molecule has 1 unspecified atom stereocenters. The van der Waals surface area contributed by atoms with Gasteiger partial charge in [0.25, 0.3) is 0 Å². The lowest BCUT2D eigenvalue weighted by Crippen LogP contribution is -2.29. The SMILES string of the molecule is COC(C)(C)CC1(C=O)CC1(C)C. The molecule has 1 saturated carbocycles. The van der Waals surface area contributed by atoms with E-state index >= 15 is 0 Å². The molecule has 1 atom stereocenters. The molecule has 0 aromatic rings. The van der Waals surface area contributed by atoms with Crippen LogP contribution in [0.4, 0.5) is 0 Å². The predicted octanol–water partition coefficient (Wildman–Crippen LogP) is 2.42. The van der Waals surface area contributed by atoms with Crippen molar-refractivity contribution in [3.05, 3.63) is 0 Å². The monoisotopic (exact) mass is 184 g/mol. The summed E-state index contributed by atoms with van der Waals surface area (Å²) in [5.74, 6) is 0. The molecule has 2 nitrogen and oxygen atoms in total. The standard InChI is InChI=1S/C11H20O2/c1-9(2)6-11(9,8-12)7-10(3,4)13-5/h8H,6-7H2,1-5H3. The van der Waals surface area contributed by atoms with E-state index in [4.69, 9.17) is 4.74 Å². The first-order valence-corrected chi connectivity index (χ1v) is 4.80. The molecule has 1 rings (SSSR count). The molecule has 0 aromatic heterocycles. The molecule has 0 radical (unpaired) electrons. The van der Waals surface area contributed by atoms with Gasteiger partial charge >= 0.3 is 0 Å². The maximum atomic E-state index is 11.0. The normalized spacial score (nSPS) is 31.5. The molecule has 1 fully saturated rings. The number of rotatable bonds is 4. The maximum Gasteiger partial charge on any atom is 0.126 e. The van der Waals surface area contributed by atoms with Crippen LogP contribution in [0.25, 0.3) is 0 Å². The summed E-state index contributed by atoms with van der Waals surface area (Å²) >= 11 is 0. The summed E-state index contributed by atoms with van der Waals surface area (Å²) in [4.78, 5) is 11.0. The van der Waals surface area contributed by atoms with E-state index in [9.17, 15) is 4.79 Å². The molecule has 0 aromatic carbocycles. The second-order valence-corrected chi connectivity index (χ2v) is 5.48. The van der Waals surface area contributed by atoms with Crippen molar-refractivity contribution >= 4 is 6.29 Å². The van der Waals surface area contributed by atoms with Crippen LogP contribution in [-0.4, -0.2) is 19.0 Å². The Kier molecular flexibility index (Phi) is 2.31. The van der Waals surface area contributed by atoms with Crippen LogP contribution in [0.3, 0.4) is 0 Å². The summed E-state index contributed by atoms with van der Waals surface area (Å²) in [6.07, 6.45) is 2.94. The van der Waals surface area contributed by atoms with Gasteiger partial charge in [0.2, 0.25) is 0 Å². The third kappa shape index (κ3) is 1.78. The molecule has 0 saturated heterocycles. The zero-order valence-electron chi connectivity index (χ0n) is 9.31. The fourth-order valence-corrected chi connectivity index (χ4v) is 2.12. The Morgan fingerprint density at radius 3 is 2.15 bits per heavy atom. The summed E-state index contributed by atoms with van der Waals surface area (Å²) in [6, 6.07) is 0. The summed E-state index contributed by atoms with van der Waals surface area (Å²) < 4.78 is 5.35. The average Bonchev–Trinajstić information content (AvgIpc) is 2.53. The second-order valence-electron chi connectivity index (χ2n) is 5.48. The van der Waals surface area contributed by atoms with E-state index in [1.165, 1.54) is 0 Å². The van der Waals surface area contributed by atoms with Crippen LogP contribution in [0.2, 0.25) is 0 Å². The average molecular weight is 184 g/mol. The molecule has 0 aliphatic heterocycles. The predicted molar refractivity (Wildman–Crippen MR) is 52.6 cm³/mol. The van der Waals surface area contributed by atoms with Gasteiger partial charge in [0.1, 0.15) is 6.29 Å². The number of ether oxygens (including phenoxy) is 1. The van der Waals surface area contributed by atoms with E-state index in [2.05, 4.69) is 13.8 Å². The Bertz CT molecular complexity index is 218. The Hall–Kier alpha value is -0.370. The van der Waals surface area contributed by atoms with Crippen LogP contribution in [0.1, 0.15) is 40.5 Å². The highest BCUT2D eigenvalue weighted by Gasteiger charge is 2.62. The van der Waals surface area contributed by atoms with Crippen molar-refractivity contribution in [1.82, 2.24) is 0 Å². The van der Waals surface area contributed by atoms with Gasteiger partial charge in [0.05, 0.1) is 5.60 Å². The summed E-state index contributed by atoms with van der Waals surface area (Å²) in [6.45, 7) is 8.36. The third-order valence-corrected chi connectivity index (χ3v) is 3.50. The zero-order chi connectivity index (χ0) is 10.3. The lowest BCUT2D eigenvalue weighted by Gasteiger charge is -2.27. The van der Waals surface area contributed by atoms with E-state index in [-0.39, 0.29) is 16.4 Å². The second kappa shape index (κ2) is 2.81. The maximum absolute atomic E-state index is 11.0. The molecule has 1 aliphatic rings. The van der Waals surface area contributed by atoms with Gasteiger partial charge in [0.15, 0.2) is 0 Å². The largest absolute Gasteiger partial charge is 0.379 e. The molecule has 2 heteroatoms. The zero-order valence-corrected chi connectivity index (χ0v) is 9.31.